The molecule has 0 aliphatic heterocycles. The largest absolute Gasteiger partial charge is 0.218 e. The first-order valence-corrected chi connectivity index (χ1v) is 8.90. The van der Waals surface area contributed by atoms with Gasteiger partial charge < -0.3 is 0 Å². The van der Waals surface area contributed by atoms with Crippen molar-refractivity contribution in [3.05, 3.63) is 47.4 Å². The number of aryl methyl sites for hydroxylation is 1. The van der Waals surface area contributed by atoms with Gasteiger partial charge in [0.15, 0.2) is 0 Å². The summed E-state index contributed by atoms with van der Waals surface area (Å²) in [5.74, 6) is 0. The van der Waals surface area contributed by atoms with Crippen LogP contribution < -0.4 is 0 Å². The third-order valence-corrected chi connectivity index (χ3v) is 3.95. The van der Waals surface area contributed by atoms with Crippen LogP contribution in [0.4, 0.5) is 4.39 Å². The SMILES string of the molecule is C[Si](C)(C)/C(F)=C/CCc1ccccc1. The molecule has 0 aromatic heterocycles. The van der Waals surface area contributed by atoms with E-state index in [0.717, 1.165) is 12.8 Å². The van der Waals surface area contributed by atoms with Crippen LogP contribution in [0.1, 0.15) is 12.0 Å². The Labute approximate surface area is 92.8 Å². The minimum atomic E-state index is -1.70. The van der Waals surface area contributed by atoms with Gasteiger partial charge in [-0.3, -0.25) is 0 Å². The lowest BCUT2D eigenvalue weighted by atomic mass is 10.1. The van der Waals surface area contributed by atoms with Crippen LogP contribution in [0.15, 0.2) is 41.9 Å². The highest BCUT2D eigenvalue weighted by Gasteiger charge is 2.18. The minimum absolute atomic E-state index is 0.124. The molecule has 0 unspecified atom stereocenters. The van der Waals surface area contributed by atoms with Gasteiger partial charge in [-0.05, 0) is 18.4 Å². The number of allylic oxidation sites excluding steroid dienone is 1. The molecule has 0 bridgehead atoms. The molecule has 1 rings (SSSR count). The molecule has 0 nitrogen and oxygen atoms in total. The van der Waals surface area contributed by atoms with Crippen molar-refractivity contribution < 1.29 is 4.39 Å². The second-order valence-electron chi connectivity index (χ2n) is 4.83. The summed E-state index contributed by atoms with van der Waals surface area (Å²) in [6.45, 7) is 6.09. The lowest BCUT2D eigenvalue weighted by molar-refractivity contribution is 0.674. The van der Waals surface area contributed by atoms with Crippen LogP contribution in [0, 0.1) is 0 Å². The molecule has 2 heteroatoms. The standard InChI is InChI=1S/C13H19FSi/c1-15(2,3)13(14)11-7-10-12-8-5-4-6-9-12/h4-6,8-9,11H,7,10H2,1-3H3/b13-11+. The Morgan fingerprint density at radius 2 is 1.80 bits per heavy atom. The van der Waals surface area contributed by atoms with Gasteiger partial charge in [-0.15, -0.1) is 0 Å². The molecule has 0 atom stereocenters. The highest BCUT2D eigenvalue weighted by atomic mass is 28.3. The summed E-state index contributed by atoms with van der Waals surface area (Å²) in [5, 5.41) is 0. The van der Waals surface area contributed by atoms with Crippen molar-refractivity contribution in [2.24, 2.45) is 0 Å². The fourth-order valence-corrected chi connectivity index (χ4v) is 2.07. The van der Waals surface area contributed by atoms with Gasteiger partial charge in [0, 0.05) is 0 Å². The Hall–Kier alpha value is -0.893. The van der Waals surface area contributed by atoms with E-state index in [1.54, 1.807) is 6.08 Å². The Balaban J connectivity index is 2.46. The fourth-order valence-electron chi connectivity index (χ4n) is 1.32. The molecule has 0 saturated carbocycles. The first kappa shape index (κ1) is 12.2. The molecular weight excluding hydrogens is 203 g/mol. The van der Waals surface area contributed by atoms with E-state index in [2.05, 4.69) is 12.1 Å². The number of benzene rings is 1. The molecule has 0 radical (unpaired) electrons. The van der Waals surface area contributed by atoms with E-state index in [0.29, 0.717) is 0 Å². The summed E-state index contributed by atoms with van der Waals surface area (Å²) in [7, 11) is -1.70. The lowest BCUT2D eigenvalue weighted by Gasteiger charge is -2.12. The predicted octanol–water partition coefficient (Wildman–Crippen LogP) is 4.35. The van der Waals surface area contributed by atoms with E-state index in [9.17, 15) is 4.39 Å². The van der Waals surface area contributed by atoms with Gasteiger partial charge in [0.25, 0.3) is 0 Å². The van der Waals surface area contributed by atoms with Crippen LogP contribution in [0.2, 0.25) is 19.6 Å². The van der Waals surface area contributed by atoms with Gasteiger partial charge in [-0.1, -0.05) is 56.0 Å². The van der Waals surface area contributed by atoms with Crippen LogP contribution in [0.25, 0.3) is 0 Å². The third-order valence-electron chi connectivity index (χ3n) is 2.32. The van der Waals surface area contributed by atoms with Crippen molar-refractivity contribution in [3.8, 4) is 0 Å². The van der Waals surface area contributed by atoms with Crippen LogP contribution in [-0.4, -0.2) is 8.07 Å². The number of rotatable bonds is 4. The zero-order valence-electron chi connectivity index (χ0n) is 9.76. The molecule has 0 N–H and O–H groups in total. The summed E-state index contributed by atoms with van der Waals surface area (Å²) in [4.78, 5) is 0. The van der Waals surface area contributed by atoms with Crippen molar-refractivity contribution in [1.82, 2.24) is 0 Å². The summed E-state index contributed by atoms with van der Waals surface area (Å²) < 4.78 is 13.5. The summed E-state index contributed by atoms with van der Waals surface area (Å²) in [6, 6.07) is 10.2. The van der Waals surface area contributed by atoms with E-state index >= 15 is 0 Å². The first-order chi connectivity index (χ1) is 7.00. The summed E-state index contributed by atoms with van der Waals surface area (Å²) >= 11 is 0. The van der Waals surface area contributed by atoms with Gasteiger partial charge >= 0.3 is 0 Å². The molecule has 0 aliphatic rings. The van der Waals surface area contributed by atoms with Crippen molar-refractivity contribution in [3.63, 3.8) is 0 Å². The van der Waals surface area contributed by atoms with Crippen LogP contribution in [0.5, 0.6) is 0 Å². The highest BCUT2D eigenvalue weighted by molar-refractivity contribution is 6.82. The Morgan fingerprint density at radius 3 is 2.33 bits per heavy atom. The maximum Gasteiger partial charge on any atom is 0.114 e. The van der Waals surface area contributed by atoms with Crippen molar-refractivity contribution in [1.29, 1.82) is 0 Å². The molecule has 0 saturated heterocycles. The fraction of sp³-hybridized carbons (Fsp3) is 0.385. The molecule has 1 aromatic rings. The predicted molar refractivity (Wildman–Crippen MR) is 67.3 cm³/mol. The normalized spacial score (nSPS) is 12.9. The second kappa shape index (κ2) is 5.26. The topological polar surface area (TPSA) is 0 Å². The van der Waals surface area contributed by atoms with Crippen molar-refractivity contribution in [2.75, 3.05) is 0 Å². The lowest BCUT2D eigenvalue weighted by Crippen LogP contribution is -2.21. The zero-order valence-corrected chi connectivity index (χ0v) is 10.8. The third kappa shape index (κ3) is 4.43. The van der Waals surface area contributed by atoms with E-state index in [4.69, 9.17) is 0 Å². The van der Waals surface area contributed by atoms with E-state index in [1.807, 2.05) is 37.8 Å². The molecule has 82 valence electrons. The molecule has 1 aromatic carbocycles. The van der Waals surface area contributed by atoms with Gasteiger partial charge in [-0.2, -0.15) is 0 Å². The second-order valence-corrected chi connectivity index (χ2v) is 9.80. The molecule has 0 fully saturated rings. The van der Waals surface area contributed by atoms with Crippen LogP contribution >= 0.6 is 0 Å². The van der Waals surface area contributed by atoms with Crippen molar-refractivity contribution >= 4 is 8.07 Å². The highest BCUT2D eigenvalue weighted by Crippen LogP contribution is 2.16. The molecule has 15 heavy (non-hydrogen) atoms. The van der Waals surface area contributed by atoms with Gasteiger partial charge in [0.1, 0.15) is 8.07 Å². The Kier molecular flexibility index (Phi) is 4.27. The summed E-state index contributed by atoms with van der Waals surface area (Å²) in [6.07, 6.45) is 3.50. The average molecular weight is 222 g/mol. The van der Waals surface area contributed by atoms with Gasteiger partial charge in [-0.25, -0.2) is 4.39 Å². The van der Waals surface area contributed by atoms with Crippen LogP contribution in [0.3, 0.4) is 0 Å². The Morgan fingerprint density at radius 1 is 1.20 bits per heavy atom. The van der Waals surface area contributed by atoms with Crippen molar-refractivity contribution in [2.45, 2.75) is 32.5 Å². The smallest absolute Gasteiger partial charge is 0.114 e. The van der Waals surface area contributed by atoms with E-state index in [-0.39, 0.29) is 5.45 Å². The monoisotopic (exact) mass is 222 g/mol. The molecular formula is C13H19FSi. The van der Waals surface area contributed by atoms with E-state index < -0.39 is 8.07 Å². The minimum Gasteiger partial charge on any atom is -0.218 e. The van der Waals surface area contributed by atoms with Crippen LogP contribution in [-0.2, 0) is 6.42 Å². The number of hydrogen-bond donors (Lipinski definition) is 0. The molecule has 0 spiro atoms. The molecule has 0 amide bonds. The van der Waals surface area contributed by atoms with E-state index in [1.165, 1.54) is 5.56 Å². The zero-order chi connectivity index (χ0) is 11.3. The molecule has 0 heterocycles. The van der Waals surface area contributed by atoms with Gasteiger partial charge in [0.05, 0.1) is 5.45 Å². The maximum atomic E-state index is 13.5. The average Bonchev–Trinajstić information content (AvgIpc) is 2.18. The quantitative estimate of drug-likeness (QED) is 0.664. The van der Waals surface area contributed by atoms with Gasteiger partial charge in [0.2, 0.25) is 0 Å². The molecule has 0 aliphatic carbocycles. The maximum absolute atomic E-state index is 13.5. The number of halogens is 1. The number of hydrogen-bond acceptors (Lipinski definition) is 0. The Bertz CT molecular complexity index is 322. The first-order valence-electron chi connectivity index (χ1n) is 5.40. The summed E-state index contributed by atoms with van der Waals surface area (Å²) in [5.41, 5.74) is 1.40.